The summed E-state index contributed by atoms with van der Waals surface area (Å²) >= 11 is 1.43. The molecule has 1 amide bonds. The van der Waals surface area contributed by atoms with Gasteiger partial charge in [0.05, 0.1) is 5.75 Å². The molecule has 0 radical (unpaired) electrons. The van der Waals surface area contributed by atoms with Gasteiger partial charge in [0.15, 0.2) is 11.0 Å². The minimum absolute atomic E-state index is 0.0270. The number of nitrogens with zero attached hydrogens (tertiary/aromatic N) is 7. The molecule has 1 saturated heterocycles. The molecule has 34 heavy (non-hydrogen) atoms. The molecular weight excluding hydrogens is 448 g/mol. The smallest absolute Gasteiger partial charge is 0.230 e. The maximum atomic E-state index is 12.4. The van der Waals surface area contributed by atoms with Crippen LogP contribution in [0.5, 0.6) is 0 Å². The Balaban J connectivity index is 1.16. The fourth-order valence-corrected chi connectivity index (χ4v) is 4.87. The van der Waals surface area contributed by atoms with Gasteiger partial charge >= 0.3 is 0 Å². The van der Waals surface area contributed by atoms with E-state index in [9.17, 15) is 4.79 Å². The lowest BCUT2D eigenvalue weighted by Crippen LogP contribution is -2.47. The van der Waals surface area contributed by atoms with Gasteiger partial charge in [-0.2, -0.15) is 0 Å². The van der Waals surface area contributed by atoms with Crippen molar-refractivity contribution in [2.45, 2.75) is 32.0 Å². The monoisotopic (exact) mass is 480 g/mol. The van der Waals surface area contributed by atoms with Crippen LogP contribution in [0.1, 0.15) is 18.9 Å². The first kappa shape index (κ1) is 24.2. The maximum Gasteiger partial charge on any atom is 0.230 e. The zero-order chi connectivity index (χ0) is 23.8. The number of aromatic nitrogens is 5. The molecule has 4 rings (SSSR count). The minimum atomic E-state index is 0.0270. The molecule has 1 aromatic carbocycles. The molecule has 0 unspecified atom stereocenters. The highest BCUT2D eigenvalue weighted by atomic mass is 32.2. The molecule has 0 aliphatic carbocycles. The molecule has 0 bridgehead atoms. The maximum absolute atomic E-state index is 12.4. The number of thioether (sulfide) groups is 1. The van der Waals surface area contributed by atoms with Gasteiger partial charge in [0.2, 0.25) is 11.9 Å². The Bertz CT molecular complexity index is 1070. The second-order valence-corrected chi connectivity index (χ2v) is 9.18. The van der Waals surface area contributed by atoms with Crippen LogP contribution in [0.2, 0.25) is 0 Å². The standard InChI is InChI=1S/C24H32N8OS/c1-3-32-22(20-9-5-4-8-19(20)2)28-29-24(32)34-18-21(33)25-12-7-13-30-14-16-31(17-15-30)23-26-10-6-11-27-23/h4-6,8-11H,3,7,12-18H2,1-2H3,(H,25,33). The number of carbonyl (C=O) groups is 1. The lowest BCUT2D eigenvalue weighted by atomic mass is 10.1. The van der Waals surface area contributed by atoms with Gasteiger partial charge in [0.25, 0.3) is 0 Å². The van der Waals surface area contributed by atoms with Gasteiger partial charge in [0, 0.05) is 57.2 Å². The zero-order valence-corrected chi connectivity index (χ0v) is 20.7. The Hall–Kier alpha value is -2.98. The van der Waals surface area contributed by atoms with Crippen molar-refractivity contribution < 1.29 is 4.79 Å². The molecule has 0 saturated carbocycles. The second kappa shape index (κ2) is 11.9. The number of aryl methyl sites for hydroxylation is 1. The van der Waals surface area contributed by atoms with Gasteiger partial charge in [-0.3, -0.25) is 9.69 Å². The van der Waals surface area contributed by atoms with E-state index < -0.39 is 0 Å². The Labute approximate surface area is 205 Å². The van der Waals surface area contributed by atoms with E-state index in [1.807, 2.05) is 18.2 Å². The molecule has 1 N–H and O–H groups in total. The summed E-state index contributed by atoms with van der Waals surface area (Å²) in [5.74, 6) is 2.01. The molecule has 9 nitrogen and oxygen atoms in total. The molecule has 180 valence electrons. The van der Waals surface area contributed by atoms with E-state index in [-0.39, 0.29) is 5.91 Å². The predicted octanol–water partition coefficient (Wildman–Crippen LogP) is 2.48. The molecule has 1 fully saturated rings. The summed E-state index contributed by atoms with van der Waals surface area (Å²) in [5, 5.41) is 12.5. The summed E-state index contributed by atoms with van der Waals surface area (Å²) in [6.45, 7) is 10.4. The first-order valence-electron chi connectivity index (χ1n) is 11.8. The van der Waals surface area contributed by atoms with E-state index in [0.717, 1.165) is 73.7 Å². The van der Waals surface area contributed by atoms with E-state index >= 15 is 0 Å². The number of benzene rings is 1. The average Bonchev–Trinajstić information content (AvgIpc) is 3.29. The number of carbonyl (C=O) groups excluding carboxylic acids is 1. The van der Waals surface area contributed by atoms with Crippen molar-refractivity contribution in [2.75, 3.05) is 49.9 Å². The van der Waals surface area contributed by atoms with E-state index in [4.69, 9.17) is 0 Å². The van der Waals surface area contributed by atoms with Gasteiger partial charge in [-0.25, -0.2) is 9.97 Å². The quantitative estimate of drug-likeness (QED) is 0.350. The predicted molar refractivity (Wildman–Crippen MR) is 135 cm³/mol. The number of anilines is 1. The summed E-state index contributed by atoms with van der Waals surface area (Å²) in [7, 11) is 0. The Morgan fingerprint density at radius 3 is 2.56 bits per heavy atom. The van der Waals surface area contributed by atoms with Crippen molar-refractivity contribution >= 4 is 23.6 Å². The van der Waals surface area contributed by atoms with Gasteiger partial charge in [0.1, 0.15) is 0 Å². The normalized spacial score (nSPS) is 14.4. The fraction of sp³-hybridized carbons (Fsp3) is 0.458. The van der Waals surface area contributed by atoms with Crippen LogP contribution in [0, 0.1) is 6.92 Å². The largest absolute Gasteiger partial charge is 0.355 e. The molecule has 1 aliphatic heterocycles. The zero-order valence-electron chi connectivity index (χ0n) is 19.9. The van der Waals surface area contributed by atoms with E-state index in [0.29, 0.717) is 12.3 Å². The summed E-state index contributed by atoms with van der Waals surface area (Å²) in [5.41, 5.74) is 2.24. The Morgan fingerprint density at radius 2 is 1.82 bits per heavy atom. The molecule has 0 atom stereocenters. The highest BCUT2D eigenvalue weighted by Gasteiger charge is 2.19. The summed E-state index contributed by atoms with van der Waals surface area (Å²) < 4.78 is 2.07. The number of piperazine rings is 1. The molecule has 3 heterocycles. The number of hydrogen-bond donors (Lipinski definition) is 1. The van der Waals surface area contributed by atoms with E-state index in [1.165, 1.54) is 11.8 Å². The van der Waals surface area contributed by atoms with Crippen LogP contribution in [0.4, 0.5) is 5.95 Å². The van der Waals surface area contributed by atoms with Crippen molar-refractivity contribution in [1.29, 1.82) is 0 Å². The summed E-state index contributed by atoms with van der Waals surface area (Å²) in [4.78, 5) is 25.7. The highest BCUT2D eigenvalue weighted by Crippen LogP contribution is 2.26. The van der Waals surface area contributed by atoms with Crippen LogP contribution in [0.25, 0.3) is 11.4 Å². The number of rotatable bonds is 10. The van der Waals surface area contributed by atoms with Crippen LogP contribution in [0.15, 0.2) is 47.9 Å². The van der Waals surface area contributed by atoms with Gasteiger partial charge in [-0.05, 0) is 38.4 Å². The van der Waals surface area contributed by atoms with Crippen LogP contribution in [0.3, 0.4) is 0 Å². The van der Waals surface area contributed by atoms with Crippen molar-refractivity contribution in [3.8, 4) is 11.4 Å². The molecule has 2 aromatic heterocycles. The third-order valence-electron chi connectivity index (χ3n) is 5.93. The fourth-order valence-electron chi connectivity index (χ4n) is 4.04. The van der Waals surface area contributed by atoms with Crippen molar-refractivity contribution in [1.82, 2.24) is 34.9 Å². The molecule has 3 aromatic rings. The van der Waals surface area contributed by atoms with Crippen LogP contribution >= 0.6 is 11.8 Å². The topological polar surface area (TPSA) is 92.1 Å². The number of hydrogen-bond acceptors (Lipinski definition) is 8. The Kier molecular flexibility index (Phi) is 8.48. The average molecular weight is 481 g/mol. The third-order valence-corrected chi connectivity index (χ3v) is 6.90. The first-order valence-corrected chi connectivity index (χ1v) is 12.8. The third kappa shape index (κ3) is 6.12. The van der Waals surface area contributed by atoms with Gasteiger partial charge < -0.3 is 14.8 Å². The SMILES string of the molecule is CCn1c(SCC(=O)NCCCN2CCN(c3ncccn3)CC2)nnc1-c1ccccc1C. The summed E-state index contributed by atoms with van der Waals surface area (Å²) in [6.07, 6.45) is 4.50. The number of nitrogens with one attached hydrogen (secondary N) is 1. The number of amides is 1. The first-order chi connectivity index (χ1) is 16.7. The van der Waals surface area contributed by atoms with Crippen molar-refractivity contribution in [3.05, 3.63) is 48.3 Å². The molecule has 10 heteroatoms. The van der Waals surface area contributed by atoms with Crippen molar-refractivity contribution in [2.24, 2.45) is 0 Å². The molecule has 1 aliphatic rings. The second-order valence-electron chi connectivity index (χ2n) is 8.24. The van der Waals surface area contributed by atoms with E-state index in [2.05, 4.69) is 65.8 Å². The minimum Gasteiger partial charge on any atom is -0.355 e. The van der Waals surface area contributed by atoms with Crippen LogP contribution in [-0.2, 0) is 11.3 Å². The highest BCUT2D eigenvalue weighted by molar-refractivity contribution is 7.99. The van der Waals surface area contributed by atoms with Crippen molar-refractivity contribution in [3.63, 3.8) is 0 Å². The van der Waals surface area contributed by atoms with Gasteiger partial charge in [-0.1, -0.05) is 36.0 Å². The van der Waals surface area contributed by atoms with E-state index in [1.54, 1.807) is 12.4 Å². The lowest BCUT2D eigenvalue weighted by Gasteiger charge is -2.34. The van der Waals surface area contributed by atoms with Crippen LogP contribution < -0.4 is 10.2 Å². The molecule has 0 spiro atoms. The lowest BCUT2D eigenvalue weighted by molar-refractivity contribution is -0.118. The molecular formula is C24H32N8OS. The summed E-state index contributed by atoms with van der Waals surface area (Å²) in [6, 6.07) is 9.99. The Morgan fingerprint density at radius 1 is 1.06 bits per heavy atom. The van der Waals surface area contributed by atoms with Gasteiger partial charge in [-0.15, -0.1) is 10.2 Å². The van der Waals surface area contributed by atoms with Crippen LogP contribution in [-0.4, -0.2) is 80.6 Å².